The normalized spacial score (nSPS) is 23.7. The fraction of sp³-hybridized carbons (Fsp3) is 0.474. The van der Waals surface area contributed by atoms with Crippen LogP contribution in [0, 0.1) is 11.8 Å². The van der Waals surface area contributed by atoms with Gasteiger partial charge in [0, 0.05) is 16.9 Å². The molecule has 0 saturated carbocycles. The summed E-state index contributed by atoms with van der Waals surface area (Å²) in [6.07, 6.45) is 1.12. The average Bonchev–Trinajstić information content (AvgIpc) is 2.67. The highest BCUT2D eigenvalue weighted by atomic mass is 32.2. The zero-order valence-electron chi connectivity index (χ0n) is 15.2. The maximum Gasteiger partial charge on any atom is 0.312 e. The first kappa shape index (κ1) is 20.3. The molecule has 0 aromatic heterocycles. The van der Waals surface area contributed by atoms with Crippen LogP contribution in [-0.4, -0.2) is 42.6 Å². The highest BCUT2D eigenvalue weighted by Gasteiger charge is 2.45. The van der Waals surface area contributed by atoms with Crippen molar-refractivity contribution < 1.29 is 28.0 Å². The van der Waals surface area contributed by atoms with Gasteiger partial charge in [-0.25, -0.2) is 4.21 Å². The van der Waals surface area contributed by atoms with Gasteiger partial charge in [-0.2, -0.15) is 0 Å². The lowest BCUT2D eigenvalue weighted by atomic mass is 9.80. The highest BCUT2D eigenvalue weighted by Crippen LogP contribution is 2.36. The molecule has 1 unspecified atom stereocenters. The third-order valence-electron chi connectivity index (χ3n) is 4.17. The second kappa shape index (κ2) is 9.64. The molecule has 0 amide bonds. The molecular formula is C19H24O6S. The van der Waals surface area contributed by atoms with Crippen LogP contribution in [0.1, 0.15) is 20.3 Å². The number of hydrogen-bond donors (Lipinski definition) is 0. The van der Waals surface area contributed by atoms with E-state index >= 15 is 0 Å². The summed E-state index contributed by atoms with van der Waals surface area (Å²) in [5, 5.41) is 0. The van der Waals surface area contributed by atoms with Gasteiger partial charge in [0.1, 0.15) is 5.92 Å². The van der Waals surface area contributed by atoms with Crippen molar-refractivity contribution in [3.8, 4) is 0 Å². The van der Waals surface area contributed by atoms with Crippen molar-refractivity contribution in [1.29, 1.82) is 0 Å². The van der Waals surface area contributed by atoms with E-state index in [-0.39, 0.29) is 19.6 Å². The molecular weight excluding hydrogens is 356 g/mol. The molecule has 0 fully saturated rings. The summed E-state index contributed by atoms with van der Waals surface area (Å²) < 4.78 is 28.6. The molecule has 0 bridgehead atoms. The van der Waals surface area contributed by atoms with E-state index < -0.39 is 40.7 Å². The van der Waals surface area contributed by atoms with Crippen molar-refractivity contribution in [2.75, 3.05) is 20.3 Å². The van der Waals surface area contributed by atoms with Gasteiger partial charge in [0.2, 0.25) is 0 Å². The maximum atomic E-state index is 12.9. The van der Waals surface area contributed by atoms with Crippen LogP contribution < -0.4 is 0 Å². The summed E-state index contributed by atoms with van der Waals surface area (Å²) in [4.78, 5) is 26.1. The summed E-state index contributed by atoms with van der Waals surface area (Å²) in [6, 6.07) is 8.96. The highest BCUT2D eigenvalue weighted by molar-refractivity contribution is 7.89. The van der Waals surface area contributed by atoms with Crippen molar-refractivity contribution in [3.05, 3.63) is 41.3 Å². The number of carbonyl (C=O) groups excluding carboxylic acids is 2. The Morgan fingerprint density at radius 1 is 1.08 bits per heavy atom. The van der Waals surface area contributed by atoms with Gasteiger partial charge in [0.05, 0.1) is 36.0 Å². The predicted octanol–water partition coefficient (Wildman–Crippen LogP) is 2.46. The minimum atomic E-state index is -1.44. The molecule has 1 aliphatic carbocycles. The number of ether oxygens (including phenoxy) is 3. The Balaban J connectivity index is 2.38. The quantitative estimate of drug-likeness (QED) is 0.676. The van der Waals surface area contributed by atoms with Crippen LogP contribution in [0.3, 0.4) is 0 Å². The summed E-state index contributed by atoms with van der Waals surface area (Å²) in [7, 11) is 0.00439. The van der Waals surface area contributed by atoms with Crippen LogP contribution in [-0.2, 0) is 34.6 Å². The Hall–Kier alpha value is -1.99. The standard InChI is InChI=1S/C19H24O6S/c1-4-24-18(20)15-11-14(26(22)13-9-7-6-8-10-13)12-16(23-3)17(15)19(21)25-5-2/h6-10,12,15-17H,4-5,11H2,1-3H3/t15-,16-,17+,26?/m1/s1. The molecule has 26 heavy (non-hydrogen) atoms. The molecule has 0 aliphatic heterocycles. The third kappa shape index (κ3) is 4.59. The Bertz CT molecular complexity index is 685. The van der Waals surface area contributed by atoms with E-state index in [0.717, 1.165) is 0 Å². The van der Waals surface area contributed by atoms with Crippen LogP contribution in [0.25, 0.3) is 0 Å². The largest absolute Gasteiger partial charge is 0.466 e. The molecule has 2 rings (SSSR count). The van der Waals surface area contributed by atoms with E-state index in [1.54, 1.807) is 44.2 Å². The first-order valence-corrected chi connectivity index (χ1v) is 9.72. The average molecular weight is 380 g/mol. The summed E-state index contributed by atoms with van der Waals surface area (Å²) >= 11 is 0. The van der Waals surface area contributed by atoms with Gasteiger partial charge >= 0.3 is 11.9 Å². The Morgan fingerprint density at radius 3 is 2.27 bits per heavy atom. The summed E-state index contributed by atoms with van der Waals surface area (Å²) in [6.45, 7) is 3.80. The molecule has 6 nitrogen and oxygen atoms in total. The second-order valence-electron chi connectivity index (χ2n) is 5.76. The minimum absolute atomic E-state index is 0.156. The molecule has 0 heterocycles. The smallest absolute Gasteiger partial charge is 0.312 e. The third-order valence-corrected chi connectivity index (χ3v) is 5.65. The number of methoxy groups -OCH3 is 1. The zero-order chi connectivity index (χ0) is 19.1. The van der Waals surface area contributed by atoms with Gasteiger partial charge in [-0.1, -0.05) is 18.2 Å². The van der Waals surface area contributed by atoms with E-state index in [2.05, 4.69) is 0 Å². The molecule has 1 aromatic carbocycles. The van der Waals surface area contributed by atoms with Gasteiger partial charge in [-0.3, -0.25) is 9.59 Å². The van der Waals surface area contributed by atoms with Gasteiger partial charge in [0.15, 0.2) is 0 Å². The summed E-state index contributed by atoms with van der Waals surface area (Å²) in [5.41, 5.74) is 0. The van der Waals surface area contributed by atoms with Crippen molar-refractivity contribution in [1.82, 2.24) is 0 Å². The topological polar surface area (TPSA) is 78.9 Å². The predicted molar refractivity (Wildman–Crippen MR) is 96.6 cm³/mol. The Morgan fingerprint density at radius 2 is 1.69 bits per heavy atom. The van der Waals surface area contributed by atoms with Crippen molar-refractivity contribution in [2.45, 2.75) is 31.3 Å². The molecule has 0 spiro atoms. The van der Waals surface area contributed by atoms with Crippen LogP contribution >= 0.6 is 0 Å². The Kier molecular flexibility index (Phi) is 7.53. The molecule has 7 heteroatoms. The van der Waals surface area contributed by atoms with Crippen LogP contribution in [0.2, 0.25) is 0 Å². The van der Waals surface area contributed by atoms with E-state index in [9.17, 15) is 13.8 Å². The van der Waals surface area contributed by atoms with Gasteiger partial charge in [0.25, 0.3) is 0 Å². The van der Waals surface area contributed by atoms with E-state index in [0.29, 0.717) is 9.80 Å². The number of esters is 2. The lowest BCUT2D eigenvalue weighted by Gasteiger charge is -2.33. The number of allylic oxidation sites excluding steroid dienone is 1. The van der Waals surface area contributed by atoms with Crippen LogP contribution in [0.15, 0.2) is 46.2 Å². The molecule has 0 N–H and O–H groups in total. The minimum Gasteiger partial charge on any atom is -0.466 e. The zero-order valence-corrected chi connectivity index (χ0v) is 16.0. The van der Waals surface area contributed by atoms with Crippen LogP contribution in [0.4, 0.5) is 0 Å². The van der Waals surface area contributed by atoms with Gasteiger partial charge < -0.3 is 14.2 Å². The first-order valence-electron chi connectivity index (χ1n) is 8.57. The molecule has 142 valence electrons. The fourth-order valence-corrected chi connectivity index (χ4v) is 4.29. The van der Waals surface area contributed by atoms with E-state index in [1.807, 2.05) is 6.07 Å². The van der Waals surface area contributed by atoms with E-state index in [4.69, 9.17) is 14.2 Å². The molecule has 4 atom stereocenters. The maximum absolute atomic E-state index is 12.9. The summed E-state index contributed by atoms with van der Waals surface area (Å²) in [5.74, 6) is -2.65. The molecule has 1 aromatic rings. The number of hydrogen-bond acceptors (Lipinski definition) is 6. The van der Waals surface area contributed by atoms with Gasteiger partial charge in [-0.15, -0.1) is 0 Å². The van der Waals surface area contributed by atoms with Crippen LogP contribution in [0.5, 0.6) is 0 Å². The first-order chi connectivity index (χ1) is 12.5. The number of rotatable bonds is 7. The van der Waals surface area contributed by atoms with E-state index in [1.165, 1.54) is 7.11 Å². The Labute approximate surface area is 156 Å². The second-order valence-corrected chi connectivity index (χ2v) is 7.29. The number of carbonyl (C=O) groups is 2. The lowest BCUT2D eigenvalue weighted by Crippen LogP contribution is -2.43. The molecule has 0 saturated heterocycles. The van der Waals surface area contributed by atoms with Crippen molar-refractivity contribution in [3.63, 3.8) is 0 Å². The van der Waals surface area contributed by atoms with Gasteiger partial charge in [-0.05, 0) is 38.5 Å². The number of benzene rings is 1. The lowest BCUT2D eigenvalue weighted by molar-refractivity contribution is -0.165. The fourth-order valence-electron chi connectivity index (χ4n) is 2.99. The molecule has 0 radical (unpaired) electrons. The van der Waals surface area contributed by atoms with Crippen molar-refractivity contribution in [2.24, 2.45) is 11.8 Å². The van der Waals surface area contributed by atoms with Crippen molar-refractivity contribution >= 4 is 22.7 Å². The molecule has 1 aliphatic rings. The SMILES string of the molecule is CCOC(=O)[C@@H]1[C@H](OC)C=C(S(=O)c2ccccc2)C[C@H]1C(=O)OCC. The monoisotopic (exact) mass is 380 g/mol.